The third-order valence-electron chi connectivity index (χ3n) is 10.1. The molecule has 2 aromatic carbocycles. The SMILES string of the molecule is CCCCCCCCCCOC(O)[C@H]1O[C@H](O[C@@H]2[C@@H](O)[C@H](O)[C@@H](Oc3c(-c4ccc(OC)cc4)oc4cc(O)cc(O)c4c3=O)O[C@H]2CO)[C@@H](O)[C@@H](OC(C)=O)[C@@H]1O. The Hall–Kier alpha value is -4.08. The van der Waals surface area contributed by atoms with E-state index in [1.807, 2.05) is 0 Å². The van der Waals surface area contributed by atoms with Gasteiger partial charge in [-0.3, -0.25) is 9.59 Å². The number of unbranched alkanes of at least 4 members (excludes halogenated alkanes) is 7. The molecular formula is C40H54O18. The van der Waals surface area contributed by atoms with E-state index in [-0.39, 0.29) is 28.9 Å². The Morgan fingerprint density at radius 1 is 0.845 bits per heavy atom. The second-order valence-corrected chi connectivity index (χ2v) is 14.3. The summed E-state index contributed by atoms with van der Waals surface area (Å²) in [6.07, 6.45) is -11.8. The summed E-state index contributed by atoms with van der Waals surface area (Å²) in [6.45, 7) is 2.39. The number of methoxy groups -OCH3 is 1. The Morgan fingerprint density at radius 2 is 1.52 bits per heavy atom. The lowest BCUT2D eigenvalue weighted by Crippen LogP contribution is -2.66. The van der Waals surface area contributed by atoms with Gasteiger partial charge in [-0.2, -0.15) is 0 Å². The molecule has 8 N–H and O–H groups in total. The van der Waals surface area contributed by atoms with Crippen molar-refractivity contribution in [3.63, 3.8) is 0 Å². The lowest BCUT2D eigenvalue weighted by molar-refractivity contribution is -0.368. The molecule has 5 rings (SSSR count). The normalized spacial score (nSPS) is 27.9. The average molecular weight is 823 g/mol. The minimum atomic E-state index is -2.04. The van der Waals surface area contributed by atoms with E-state index < -0.39 is 103 Å². The van der Waals surface area contributed by atoms with Crippen molar-refractivity contribution in [2.24, 2.45) is 0 Å². The molecule has 58 heavy (non-hydrogen) atoms. The first-order valence-electron chi connectivity index (χ1n) is 19.4. The van der Waals surface area contributed by atoms with Gasteiger partial charge in [-0.15, -0.1) is 0 Å². The number of phenols is 2. The van der Waals surface area contributed by atoms with Crippen LogP contribution in [0, 0.1) is 0 Å². The molecule has 3 aromatic rings. The largest absolute Gasteiger partial charge is 0.508 e. The van der Waals surface area contributed by atoms with Crippen LogP contribution >= 0.6 is 0 Å². The standard InChI is InChI=1S/C40H54O18/c1-4-5-6-7-8-9-10-11-16-52-38(50)37-31(48)35(53-20(2)42)32(49)40(58-37)56-34-26(19-41)55-39(30(47)29(34)46)57-36-28(45)27-24(44)17-22(43)18-25(27)54-33(36)21-12-14-23(51-3)15-13-21/h12-15,17-18,26,29-32,34-35,37-41,43-44,46-50H,4-11,16,19H2,1-3H3/t26-,29-,30-,31-,32-,34-,35-,37-,38?,39+,40-/m0/s1. The molecular weight excluding hydrogens is 768 g/mol. The van der Waals surface area contributed by atoms with Crippen LogP contribution in [-0.2, 0) is 28.5 Å². The molecule has 0 radical (unpaired) electrons. The number of rotatable bonds is 19. The first kappa shape index (κ1) is 45.0. The number of phenolic OH excluding ortho intramolecular Hbond substituents is 2. The molecule has 322 valence electrons. The van der Waals surface area contributed by atoms with Gasteiger partial charge in [0, 0.05) is 31.2 Å². The minimum absolute atomic E-state index is 0.0994. The molecule has 11 atom stereocenters. The van der Waals surface area contributed by atoms with Crippen LogP contribution in [0.5, 0.6) is 23.0 Å². The second-order valence-electron chi connectivity index (χ2n) is 14.3. The van der Waals surface area contributed by atoms with E-state index in [1.165, 1.54) is 32.1 Å². The maximum atomic E-state index is 13.9. The van der Waals surface area contributed by atoms with Gasteiger partial charge in [0.2, 0.25) is 17.5 Å². The van der Waals surface area contributed by atoms with E-state index in [4.69, 9.17) is 37.6 Å². The molecule has 0 saturated carbocycles. The van der Waals surface area contributed by atoms with Crippen molar-refractivity contribution in [2.45, 2.75) is 133 Å². The smallest absolute Gasteiger partial charge is 0.303 e. The number of ether oxygens (including phenoxy) is 7. The van der Waals surface area contributed by atoms with Crippen LogP contribution in [0.4, 0.5) is 0 Å². The molecule has 1 aromatic heterocycles. The monoisotopic (exact) mass is 822 g/mol. The van der Waals surface area contributed by atoms with E-state index in [0.717, 1.165) is 51.2 Å². The van der Waals surface area contributed by atoms with Crippen LogP contribution in [0.25, 0.3) is 22.3 Å². The Bertz CT molecular complexity index is 1830. The summed E-state index contributed by atoms with van der Waals surface area (Å²) in [5, 5.41) is 86.3. The number of hydrogen-bond acceptors (Lipinski definition) is 18. The van der Waals surface area contributed by atoms with Crippen LogP contribution < -0.4 is 14.9 Å². The number of carbonyl (C=O) groups excluding carboxylic acids is 1. The molecule has 0 aliphatic carbocycles. The number of hydrogen-bond donors (Lipinski definition) is 8. The van der Waals surface area contributed by atoms with E-state index in [9.17, 15) is 50.4 Å². The molecule has 0 bridgehead atoms. The third kappa shape index (κ3) is 10.6. The maximum absolute atomic E-state index is 13.9. The summed E-state index contributed by atoms with van der Waals surface area (Å²) >= 11 is 0. The van der Waals surface area contributed by atoms with Gasteiger partial charge in [0.25, 0.3) is 0 Å². The Morgan fingerprint density at radius 3 is 2.16 bits per heavy atom. The van der Waals surface area contributed by atoms with Gasteiger partial charge < -0.3 is 78.4 Å². The zero-order chi connectivity index (χ0) is 42.1. The highest BCUT2D eigenvalue weighted by molar-refractivity contribution is 5.88. The molecule has 0 spiro atoms. The van der Waals surface area contributed by atoms with Crippen molar-refractivity contribution in [1.82, 2.24) is 0 Å². The summed E-state index contributed by atoms with van der Waals surface area (Å²) in [4.78, 5) is 25.8. The topological polar surface area (TPSA) is 274 Å². The highest BCUT2D eigenvalue weighted by Gasteiger charge is 2.54. The number of fused-ring (bicyclic) bond motifs is 1. The number of carbonyl (C=O) groups is 1. The predicted molar refractivity (Wildman–Crippen MR) is 202 cm³/mol. The molecule has 2 aliphatic heterocycles. The number of esters is 1. The van der Waals surface area contributed by atoms with E-state index in [2.05, 4.69) is 6.92 Å². The van der Waals surface area contributed by atoms with Gasteiger partial charge in [-0.05, 0) is 30.7 Å². The van der Waals surface area contributed by atoms with Crippen LogP contribution in [0.1, 0.15) is 65.2 Å². The summed E-state index contributed by atoms with van der Waals surface area (Å²) in [6, 6.07) is 8.17. The van der Waals surface area contributed by atoms with Crippen molar-refractivity contribution in [2.75, 3.05) is 20.3 Å². The van der Waals surface area contributed by atoms with Gasteiger partial charge in [-0.25, -0.2) is 0 Å². The molecule has 2 saturated heterocycles. The fraction of sp³-hybridized carbons (Fsp3) is 0.600. The van der Waals surface area contributed by atoms with Gasteiger partial charge in [0.05, 0.1) is 13.7 Å². The molecule has 1 unspecified atom stereocenters. The molecule has 18 heteroatoms. The molecule has 3 heterocycles. The summed E-state index contributed by atoms with van der Waals surface area (Å²) in [5.74, 6) is -2.29. The summed E-state index contributed by atoms with van der Waals surface area (Å²) < 4.78 is 45.1. The number of aliphatic hydroxyl groups is 6. The van der Waals surface area contributed by atoms with Crippen molar-refractivity contribution >= 4 is 16.9 Å². The number of aliphatic hydroxyl groups excluding tert-OH is 6. The van der Waals surface area contributed by atoms with Gasteiger partial charge >= 0.3 is 5.97 Å². The number of benzene rings is 2. The van der Waals surface area contributed by atoms with E-state index in [0.29, 0.717) is 12.2 Å². The minimum Gasteiger partial charge on any atom is -0.508 e. The fourth-order valence-electron chi connectivity index (χ4n) is 6.97. The number of aromatic hydroxyl groups is 2. The maximum Gasteiger partial charge on any atom is 0.303 e. The third-order valence-corrected chi connectivity index (χ3v) is 10.1. The zero-order valence-corrected chi connectivity index (χ0v) is 32.5. The Labute approximate surface area is 334 Å². The van der Waals surface area contributed by atoms with E-state index >= 15 is 0 Å². The first-order chi connectivity index (χ1) is 27.8. The second kappa shape index (κ2) is 20.7. The predicted octanol–water partition coefficient (Wildman–Crippen LogP) is 1.94. The Balaban J connectivity index is 1.34. The fourth-order valence-corrected chi connectivity index (χ4v) is 6.97. The van der Waals surface area contributed by atoms with Crippen molar-refractivity contribution < 1.29 is 83.2 Å². The molecule has 0 amide bonds. The van der Waals surface area contributed by atoms with Gasteiger partial charge in [0.1, 0.15) is 70.9 Å². The lowest BCUT2D eigenvalue weighted by atomic mass is 9.96. The molecule has 18 nitrogen and oxygen atoms in total. The molecule has 2 fully saturated rings. The summed E-state index contributed by atoms with van der Waals surface area (Å²) in [7, 11) is 1.45. The molecule has 2 aliphatic rings. The zero-order valence-electron chi connectivity index (χ0n) is 32.5. The van der Waals surface area contributed by atoms with Crippen LogP contribution in [0.3, 0.4) is 0 Å². The van der Waals surface area contributed by atoms with E-state index in [1.54, 1.807) is 12.1 Å². The highest BCUT2D eigenvalue weighted by atomic mass is 16.8. The summed E-state index contributed by atoms with van der Waals surface area (Å²) in [5.41, 5.74) is -0.899. The first-order valence-corrected chi connectivity index (χ1v) is 19.4. The van der Waals surface area contributed by atoms with Crippen molar-refractivity contribution in [3.05, 3.63) is 46.6 Å². The van der Waals surface area contributed by atoms with Gasteiger partial charge in [0.15, 0.2) is 24.4 Å². The highest BCUT2D eigenvalue weighted by Crippen LogP contribution is 2.38. The quantitative estimate of drug-likeness (QED) is 0.0487. The van der Waals surface area contributed by atoms with Crippen LogP contribution in [0.2, 0.25) is 0 Å². The van der Waals surface area contributed by atoms with Crippen LogP contribution in [0.15, 0.2) is 45.6 Å². The average Bonchev–Trinajstić information content (AvgIpc) is 3.19. The van der Waals surface area contributed by atoms with Crippen molar-refractivity contribution in [1.29, 1.82) is 0 Å². The van der Waals surface area contributed by atoms with Gasteiger partial charge in [-0.1, -0.05) is 51.9 Å². The van der Waals surface area contributed by atoms with Crippen LogP contribution in [-0.4, -0.2) is 135 Å². The Kier molecular flexibility index (Phi) is 16.1. The lowest BCUT2D eigenvalue weighted by Gasteiger charge is -2.47. The van der Waals surface area contributed by atoms with Crippen molar-refractivity contribution in [3.8, 4) is 34.3 Å².